The highest BCUT2D eigenvalue weighted by atomic mass is 16.6. The lowest BCUT2D eigenvalue weighted by molar-refractivity contribution is -0.143. The molecule has 2 heterocycles. The third kappa shape index (κ3) is 3.80. The normalized spacial score (nSPS) is 30.9. The van der Waals surface area contributed by atoms with E-state index in [9.17, 15) is 14.6 Å². The Kier molecular flexibility index (Phi) is 5.47. The summed E-state index contributed by atoms with van der Waals surface area (Å²) in [5, 5.41) is 15.7. The van der Waals surface area contributed by atoms with Gasteiger partial charge in [0.05, 0.1) is 6.04 Å². The van der Waals surface area contributed by atoms with E-state index in [1.807, 2.05) is 13.8 Å². The van der Waals surface area contributed by atoms with Crippen molar-refractivity contribution in [3.05, 3.63) is 0 Å². The molecule has 0 radical (unpaired) electrons. The zero-order valence-corrected chi connectivity index (χ0v) is 13.3. The van der Waals surface area contributed by atoms with Gasteiger partial charge in [-0.25, -0.2) is 0 Å². The van der Waals surface area contributed by atoms with Crippen LogP contribution >= 0.6 is 0 Å². The van der Waals surface area contributed by atoms with Gasteiger partial charge in [-0.15, -0.1) is 0 Å². The van der Waals surface area contributed by atoms with Crippen LogP contribution in [0.3, 0.4) is 0 Å². The number of carbonyl (C=O) groups is 2. The minimum atomic E-state index is -1.03. The summed E-state index contributed by atoms with van der Waals surface area (Å²) in [5.74, 6) is -0.562. The van der Waals surface area contributed by atoms with Crippen LogP contribution < -0.4 is 16.4 Å². The highest BCUT2D eigenvalue weighted by molar-refractivity contribution is 6.45. The van der Waals surface area contributed by atoms with Gasteiger partial charge in [0.25, 0.3) is 0 Å². The second kappa shape index (κ2) is 6.98. The fourth-order valence-electron chi connectivity index (χ4n) is 3.07. The van der Waals surface area contributed by atoms with Crippen LogP contribution in [0.1, 0.15) is 39.5 Å². The summed E-state index contributed by atoms with van der Waals surface area (Å²) in [6.45, 7) is 4.29. The fraction of sp³-hybridized carbons (Fsp3) is 0.857. The maximum atomic E-state index is 12.3. The first-order chi connectivity index (χ1) is 10.3. The molecular formula is C14H26BN3O4. The van der Waals surface area contributed by atoms with E-state index in [-0.39, 0.29) is 17.9 Å². The Balaban J connectivity index is 1.97. The van der Waals surface area contributed by atoms with E-state index >= 15 is 0 Å². The lowest BCUT2D eigenvalue weighted by Gasteiger charge is -2.30. The minimum Gasteiger partial charge on any atom is -0.508 e. The average Bonchev–Trinajstić information content (AvgIpc) is 2.86. The highest BCUT2D eigenvalue weighted by Gasteiger charge is 2.48. The van der Waals surface area contributed by atoms with Crippen LogP contribution in [-0.2, 0) is 14.2 Å². The molecule has 0 aliphatic carbocycles. The van der Waals surface area contributed by atoms with Crippen molar-refractivity contribution >= 4 is 19.0 Å². The molecule has 3 atom stereocenters. The van der Waals surface area contributed by atoms with E-state index in [0.29, 0.717) is 25.7 Å². The van der Waals surface area contributed by atoms with Gasteiger partial charge in [-0.2, -0.15) is 0 Å². The number of hydrogen-bond donors (Lipinski definition) is 4. The van der Waals surface area contributed by atoms with Gasteiger partial charge in [0.1, 0.15) is 5.54 Å². The highest BCUT2D eigenvalue weighted by Crippen LogP contribution is 2.30. The van der Waals surface area contributed by atoms with E-state index in [1.54, 1.807) is 0 Å². The topological polar surface area (TPSA) is 114 Å². The molecule has 0 bridgehead atoms. The maximum Gasteiger partial charge on any atom is 0.524 e. The van der Waals surface area contributed by atoms with E-state index in [0.717, 1.165) is 12.8 Å². The van der Waals surface area contributed by atoms with Crippen LogP contribution in [0.25, 0.3) is 0 Å². The Morgan fingerprint density at radius 3 is 2.95 bits per heavy atom. The first-order valence-electron chi connectivity index (χ1n) is 8.04. The predicted molar refractivity (Wildman–Crippen MR) is 82.8 cm³/mol. The SMILES string of the molecule is CC(C)C(N)C(=O)N[C@H]1CN[C@]2(CCCCB(O)OC2=O)C1. The number of rotatable bonds is 3. The van der Waals surface area contributed by atoms with E-state index in [4.69, 9.17) is 10.4 Å². The van der Waals surface area contributed by atoms with Crippen LogP contribution in [0.5, 0.6) is 0 Å². The van der Waals surface area contributed by atoms with Gasteiger partial charge in [-0.3, -0.25) is 14.9 Å². The van der Waals surface area contributed by atoms with Gasteiger partial charge in [0.2, 0.25) is 5.91 Å². The Bertz CT molecular complexity index is 434. The number of nitrogens with one attached hydrogen (secondary N) is 2. The van der Waals surface area contributed by atoms with Crippen molar-refractivity contribution in [2.24, 2.45) is 11.7 Å². The van der Waals surface area contributed by atoms with Crippen LogP contribution in [0, 0.1) is 5.92 Å². The van der Waals surface area contributed by atoms with Gasteiger partial charge in [-0.1, -0.05) is 26.7 Å². The molecule has 0 saturated carbocycles. The van der Waals surface area contributed by atoms with Crippen molar-refractivity contribution in [3.63, 3.8) is 0 Å². The molecule has 5 N–H and O–H groups in total. The summed E-state index contributed by atoms with van der Waals surface area (Å²) in [6, 6.07) is -0.705. The minimum absolute atomic E-state index is 0.0600. The van der Waals surface area contributed by atoms with Gasteiger partial charge < -0.3 is 20.7 Å². The Labute approximate surface area is 131 Å². The van der Waals surface area contributed by atoms with E-state index in [1.165, 1.54) is 0 Å². The molecule has 2 fully saturated rings. The standard InChI is InChI=1S/C14H26BN3O4/c1-9(2)11(16)12(19)18-10-7-14(17-8-10)5-3-4-6-15(21)22-13(14)20/h9-11,17,21H,3-8,16H2,1-2H3,(H,18,19)/t10-,11?,14-/m1/s1. The van der Waals surface area contributed by atoms with Crippen molar-refractivity contribution in [3.8, 4) is 0 Å². The smallest absolute Gasteiger partial charge is 0.508 e. The van der Waals surface area contributed by atoms with Gasteiger partial charge in [0.15, 0.2) is 0 Å². The van der Waals surface area contributed by atoms with E-state index in [2.05, 4.69) is 10.6 Å². The number of amides is 1. The van der Waals surface area contributed by atoms with E-state index < -0.39 is 24.7 Å². The van der Waals surface area contributed by atoms with Gasteiger partial charge in [-0.05, 0) is 25.1 Å². The predicted octanol–water partition coefficient (Wildman–Crippen LogP) is -0.606. The van der Waals surface area contributed by atoms with Crippen LogP contribution in [0.15, 0.2) is 0 Å². The maximum absolute atomic E-state index is 12.3. The summed E-state index contributed by atoms with van der Waals surface area (Å²) in [6.07, 6.45) is 3.25. The largest absolute Gasteiger partial charge is 0.524 e. The monoisotopic (exact) mass is 311 g/mol. The second-order valence-electron chi connectivity index (χ2n) is 6.75. The summed E-state index contributed by atoms with van der Waals surface area (Å²) in [4.78, 5) is 24.3. The quantitative estimate of drug-likeness (QED) is 0.517. The molecule has 7 nitrogen and oxygen atoms in total. The molecule has 0 aromatic heterocycles. The Morgan fingerprint density at radius 2 is 2.27 bits per heavy atom. The average molecular weight is 311 g/mol. The molecular weight excluding hydrogens is 285 g/mol. The third-order valence-corrected chi connectivity index (χ3v) is 4.59. The second-order valence-corrected chi connectivity index (χ2v) is 6.75. The molecule has 0 aromatic carbocycles. The summed E-state index contributed by atoms with van der Waals surface area (Å²) in [7, 11) is -1.03. The first kappa shape index (κ1) is 17.2. The van der Waals surface area contributed by atoms with Gasteiger partial charge in [0, 0.05) is 12.6 Å². The molecule has 1 spiro atoms. The summed E-state index contributed by atoms with van der Waals surface area (Å²) >= 11 is 0. The van der Waals surface area contributed by atoms with Crippen LogP contribution in [0.2, 0.25) is 6.32 Å². The molecule has 22 heavy (non-hydrogen) atoms. The Morgan fingerprint density at radius 1 is 1.55 bits per heavy atom. The van der Waals surface area contributed by atoms with Crippen molar-refractivity contribution < 1.29 is 19.3 Å². The van der Waals surface area contributed by atoms with Gasteiger partial charge >= 0.3 is 13.1 Å². The molecule has 2 rings (SSSR count). The molecule has 2 aliphatic heterocycles. The van der Waals surface area contributed by atoms with Crippen molar-refractivity contribution in [1.82, 2.24) is 10.6 Å². The zero-order chi connectivity index (χ0) is 16.3. The molecule has 1 unspecified atom stereocenters. The van der Waals surface area contributed by atoms with Crippen molar-refractivity contribution in [2.75, 3.05) is 6.54 Å². The number of hydrogen-bond acceptors (Lipinski definition) is 6. The number of nitrogens with two attached hydrogens (primary N) is 1. The zero-order valence-electron chi connectivity index (χ0n) is 13.3. The first-order valence-corrected chi connectivity index (χ1v) is 8.04. The van der Waals surface area contributed by atoms with Crippen molar-refractivity contribution in [2.45, 2.75) is 63.5 Å². The third-order valence-electron chi connectivity index (χ3n) is 4.59. The Hall–Kier alpha value is -1.12. The summed E-state index contributed by atoms with van der Waals surface area (Å²) in [5.41, 5.74) is 5.04. The molecule has 2 saturated heterocycles. The molecule has 1 amide bonds. The molecule has 0 aromatic rings. The van der Waals surface area contributed by atoms with Crippen molar-refractivity contribution in [1.29, 1.82) is 0 Å². The molecule has 8 heteroatoms. The fourth-order valence-corrected chi connectivity index (χ4v) is 3.07. The lowest BCUT2D eigenvalue weighted by atomic mass is 9.77. The van der Waals surface area contributed by atoms with Crippen LogP contribution in [-0.4, -0.2) is 48.2 Å². The molecule has 2 aliphatic rings. The lowest BCUT2D eigenvalue weighted by Crippen LogP contribution is -2.51. The van der Waals surface area contributed by atoms with Crippen LogP contribution in [0.4, 0.5) is 0 Å². The molecule has 124 valence electrons. The summed E-state index contributed by atoms with van der Waals surface area (Å²) < 4.78 is 5.08. The number of carbonyl (C=O) groups excluding carboxylic acids is 2.